The largest absolute Gasteiger partial charge is 0.433 e. The molecule has 0 saturated carbocycles. The Hall–Kier alpha value is -2.71. The molecule has 2 aromatic heterocycles. The monoisotopic (exact) mass is 365 g/mol. The summed E-state index contributed by atoms with van der Waals surface area (Å²) in [6.45, 7) is 3.39. The molecule has 1 saturated heterocycles. The molecule has 1 aliphatic rings. The zero-order valence-electron chi connectivity index (χ0n) is 14.2. The van der Waals surface area contributed by atoms with Crippen LogP contribution in [0.4, 0.5) is 19.0 Å². The van der Waals surface area contributed by atoms with Gasteiger partial charge in [-0.3, -0.25) is 4.79 Å². The minimum atomic E-state index is -4.63. The highest BCUT2D eigenvalue weighted by Crippen LogP contribution is 2.27. The fourth-order valence-electron chi connectivity index (χ4n) is 2.79. The first-order chi connectivity index (χ1) is 12.3. The number of carbonyl (C=O) groups excluding carboxylic acids is 1. The average molecular weight is 365 g/mol. The number of halogens is 3. The second-order valence-electron chi connectivity index (χ2n) is 6.08. The Morgan fingerprint density at radius 3 is 2.65 bits per heavy atom. The normalized spacial score (nSPS) is 14.5. The summed E-state index contributed by atoms with van der Waals surface area (Å²) in [5.41, 5.74) is -0.619. The van der Waals surface area contributed by atoms with Gasteiger partial charge in [0.05, 0.1) is 0 Å². The number of amides is 1. The molecular weight excluding hydrogens is 347 g/mol. The Kier molecular flexibility index (Phi) is 5.06. The van der Waals surface area contributed by atoms with E-state index >= 15 is 0 Å². The second kappa shape index (κ2) is 7.27. The van der Waals surface area contributed by atoms with Crippen LogP contribution in [0.1, 0.15) is 40.4 Å². The highest BCUT2D eigenvalue weighted by molar-refractivity contribution is 5.92. The zero-order valence-corrected chi connectivity index (χ0v) is 14.2. The van der Waals surface area contributed by atoms with E-state index in [9.17, 15) is 18.0 Å². The molecule has 138 valence electrons. The predicted octanol–water partition coefficient (Wildman–Crippen LogP) is 2.73. The number of anilines is 1. The molecule has 1 amide bonds. The molecular formula is C17H18F3N5O. The molecule has 0 aliphatic carbocycles. The average Bonchev–Trinajstić information content (AvgIpc) is 3.13. The summed E-state index contributed by atoms with van der Waals surface area (Å²) in [4.78, 5) is 25.8. The molecule has 1 fully saturated rings. The molecule has 9 heteroatoms. The predicted molar refractivity (Wildman–Crippen MR) is 88.6 cm³/mol. The van der Waals surface area contributed by atoms with Crippen LogP contribution < -0.4 is 10.2 Å². The van der Waals surface area contributed by atoms with E-state index in [2.05, 4.69) is 25.2 Å². The van der Waals surface area contributed by atoms with Crippen LogP contribution in [0.2, 0.25) is 0 Å². The first-order valence-electron chi connectivity index (χ1n) is 8.24. The highest BCUT2D eigenvalue weighted by atomic mass is 19.4. The van der Waals surface area contributed by atoms with Gasteiger partial charge in [0.15, 0.2) is 0 Å². The van der Waals surface area contributed by atoms with Crippen molar-refractivity contribution in [1.29, 1.82) is 0 Å². The Bertz CT molecular complexity index is 803. The Balaban J connectivity index is 1.69. The van der Waals surface area contributed by atoms with Gasteiger partial charge < -0.3 is 10.2 Å². The number of hydrogen-bond donors (Lipinski definition) is 1. The molecule has 6 nitrogen and oxygen atoms in total. The van der Waals surface area contributed by atoms with E-state index in [1.165, 1.54) is 6.92 Å². The number of aryl methyl sites for hydroxylation is 1. The number of alkyl halides is 3. The fraction of sp³-hybridized carbons (Fsp3) is 0.412. The van der Waals surface area contributed by atoms with Crippen molar-refractivity contribution >= 4 is 11.7 Å². The standard InChI is InChI=1S/C17H18F3N5O/c1-11-23-13(9-14(24-11)17(18,19)20)16(26)22-10-12-4-5-21-15(8-12)25-6-2-3-7-25/h4-5,8-9H,2-3,6-7,10H2,1H3,(H,22,26). The van der Waals surface area contributed by atoms with Gasteiger partial charge in [-0.1, -0.05) is 0 Å². The SMILES string of the molecule is Cc1nc(C(=O)NCc2ccnc(N3CCCC3)c2)cc(C(F)(F)F)n1. The lowest BCUT2D eigenvalue weighted by molar-refractivity contribution is -0.141. The van der Waals surface area contributed by atoms with Crippen LogP contribution in [-0.4, -0.2) is 33.9 Å². The number of carbonyl (C=O) groups is 1. The van der Waals surface area contributed by atoms with Crippen molar-refractivity contribution in [1.82, 2.24) is 20.3 Å². The van der Waals surface area contributed by atoms with Gasteiger partial charge in [-0.2, -0.15) is 13.2 Å². The summed E-state index contributed by atoms with van der Waals surface area (Å²) >= 11 is 0. The Labute approximate surface area is 148 Å². The van der Waals surface area contributed by atoms with Crippen molar-refractivity contribution in [3.8, 4) is 0 Å². The topological polar surface area (TPSA) is 71.0 Å². The van der Waals surface area contributed by atoms with E-state index in [0.717, 1.165) is 37.3 Å². The van der Waals surface area contributed by atoms with Crippen molar-refractivity contribution in [2.24, 2.45) is 0 Å². The van der Waals surface area contributed by atoms with Crippen LogP contribution in [0.3, 0.4) is 0 Å². The van der Waals surface area contributed by atoms with Gasteiger partial charge in [-0.15, -0.1) is 0 Å². The van der Waals surface area contributed by atoms with E-state index in [0.29, 0.717) is 6.07 Å². The number of pyridine rings is 1. The summed E-state index contributed by atoms with van der Waals surface area (Å²) in [5, 5.41) is 2.60. The molecule has 1 aliphatic heterocycles. The van der Waals surface area contributed by atoms with E-state index < -0.39 is 17.8 Å². The first kappa shape index (κ1) is 18.1. The molecule has 3 heterocycles. The number of rotatable bonds is 4. The van der Waals surface area contributed by atoms with Crippen molar-refractivity contribution in [2.45, 2.75) is 32.5 Å². The van der Waals surface area contributed by atoms with Crippen LogP contribution in [0.5, 0.6) is 0 Å². The molecule has 3 rings (SSSR count). The fourth-order valence-corrected chi connectivity index (χ4v) is 2.79. The van der Waals surface area contributed by atoms with Crippen LogP contribution in [-0.2, 0) is 12.7 Å². The highest BCUT2D eigenvalue weighted by Gasteiger charge is 2.34. The van der Waals surface area contributed by atoms with Gasteiger partial charge in [0.2, 0.25) is 0 Å². The minimum Gasteiger partial charge on any atom is -0.357 e. The third-order valence-electron chi connectivity index (χ3n) is 4.05. The lowest BCUT2D eigenvalue weighted by Gasteiger charge is -2.17. The molecule has 0 spiro atoms. The van der Waals surface area contributed by atoms with Gasteiger partial charge in [0, 0.05) is 31.9 Å². The molecule has 0 atom stereocenters. The molecule has 26 heavy (non-hydrogen) atoms. The number of nitrogens with one attached hydrogen (secondary N) is 1. The van der Waals surface area contributed by atoms with Gasteiger partial charge in [0.1, 0.15) is 23.0 Å². The summed E-state index contributed by atoms with van der Waals surface area (Å²) in [6, 6.07) is 4.29. The van der Waals surface area contributed by atoms with Gasteiger partial charge >= 0.3 is 6.18 Å². The molecule has 0 radical (unpaired) electrons. The molecule has 2 aromatic rings. The van der Waals surface area contributed by atoms with E-state index in [1.807, 2.05) is 6.07 Å². The van der Waals surface area contributed by atoms with Gasteiger partial charge in [-0.25, -0.2) is 15.0 Å². The lowest BCUT2D eigenvalue weighted by Crippen LogP contribution is -2.26. The van der Waals surface area contributed by atoms with Crippen molar-refractivity contribution < 1.29 is 18.0 Å². The van der Waals surface area contributed by atoms with Gasteiger partial charge in [-0.05, 0) is 37.5 Å². The number of hydrogen-bond acceptors (Lipinski definition) is 5. The first-order valence-corrected chi connectivity index (χ1v) is 8.24. The van der Waals surface area contributed by atoms with Crippen molar-refractivity contribution in [3.05, 3.63) is 47.2 Å². The van der Waals surface area contributed by atoms with Gasteiger partial charge in [0.25, 0.3) is 5.91 Å². The van der Waals surface area contributed by atoms with E-state index in [-0.39, 0.29) is 18.1 Å². The van der Waals surface area contributed by atoms with Crippen LogP contribution in [0.15, 0.2) is 24.4 Å². The summed E-state index contributed by atoms with van der Waals surface area (Å²) in [7, 11) is 0. The smallest absolute Gasteiger partial charge is 0.357 e. The number of nitrogens with zero attached hydrogens (tertiary/aromatic N) is 4. The summed E-state index contributed by atoms with van der Waals surface area (Å²) in [6.07, 6.45) is -0.724. The van der Waals surface area contributed by atoms with Crippen molar-refractivity contribution in [3.63, 3.8) is 0 Å². The molecule has 0 bridgehead atoms. The lowest BCUT2D eigenvalue weighted by atomic mass is 10.2. The van der Waals surface area contributed by atoms with Crippen LogP contribution in [0, 0.1) is 6.92 Å². The third-order valence-corrected chi connectivity index (χ3v) is 4.05. The summed E-state index contributed by atoms with van der Waals surface area (Å²) in [5.74, 6) is 0.0530. The third kappa shape index (κ3) is 4.27. The maximum Gasteiger partial charge on any atom is 0.433 e. The quantitative estimate of drug-likeness (QED) is 0.902. The van der Waals surface area contributed by atoms with Crippen LogP contribution >= 0.6 is 0 Å². The van der Waals surface area contributed by atoms with E-state index in [4.69, 9.17) is 0 Å². The zero-order chi connectivity index (χ0) is 18.7. The molecule has 1 N–H and O–H groups in total. The van der Waals surface area contributed by atoms with Crippen LogP contribution in [0.25, 0.3) is 0 Å². The Morgan fingerprint density at radius 2 is 1.96 bits per heavy atom. The summed E-state index contributed by atoms with van der Waals surface area (Å²) < 4.78 is 38.5. The molecule has 0 unspecified atom stereocenters. The number of aromatic nitrogens is 3. The Morgan fingerprint density at radius 1 is 1.23 bits per heavy atom. The van der Waals surface area contributed by atoms with Crippen molar-refractivity contribution in [2.75, 3.05) is 18.0 Å². The maximum absolute atomic E-state index is 12.8. The second-order valence-corrected chi connectivity index (χ2v) is 6.08. The van der Waals surface area contributed by atoms with E-state index in [1.54, 1.807) is 12.3 Å². The maximum atomic E-state index is 12.8. The molecule has 0 aromatic carbocycles. The minimum absolute atomic E-state index is 0.106.